The van der Waals surface area contributed by atoms with Crippen LogP contribution in [0.5, 0.6) is 0 Å². The van der Waals surface area contributed by atoms with Crippen LogP contribution in [0.2, 0.25) is 5.02 Å². The topological polar surface area (TPSA) is 110 Å². The second kappa shape index (κ2) is 7.58. The van der Waals surface area contributed by atoms with E-state index in [0.29, 0.717) is 12.8 Å². The third kappa shape index (κ3) is 5.78. The van der Waals surface area contributed by atoms with Crippen LogP contribution < -0.4 is 5.32 Å². The first kappa shape index (κ1) is 16.9. The van der Waals surface area contributed by atoms with Gasteiger partial charge in [0.25, 0.3) is 11.6 Å². The van der Waals surface area contributed by atoms with Crippen LogP contribution >= 0.6 is 11.6 Å². The third-order valence-corrected chi connectivity index (χ3v) is 2.98. The van der Waals surface area contributed by atoms with Crippen molar-refractivity contribution in [3.63, 3.8) is 0 Å². The van der Waals surface area contributed by atoms with Gasteiger partial charge in [-0.1, -0.05) is 11.6 Å². The minimum atomic E-state index is -0.890. The quantitative estimate of drug-likeness (QED) is 0.594. The van der Waals surface area contributed by atoms with Gasteiger partial charge in [0.15, 0.2) is 0 Å². The maximum atomic E-state index is 12.0. The summed E-state index contributed by atoms with van der Waals surface area (Å²) in [5.74, 6) is -1.37. The zero-order valence-electron chi connectivity index (χ0n) is 11.3. The highest BCUT2D eigenvalue weighted by molar-refractivity contribution is 6.31. The number of benzene rings is 1. The number of nitrogens with zero attached hydrogens (tertiary/aromatic N) is 1. The third-order valence-electron chi connectivity index (χ3n) is 2.76. The molecule has 1 amide bonds. The van der Waals surface area contributed by atoms with Gasteiger partial charge < -0.3 is 10.4 Å². The van der Waals surface area contributed by atoms with Crippen LogP contribution in [0.25, 0.3) is 0 Å². The predicted molar refractivity (Wildman–Crippen MR) is 76.5 cm³/mol. The molecule has 2 N–H and O–H groups in total. The zero-order valence-corrected chi connectivity index (χ0v) is 12.1. The molecule has 0 heterocycles. The van der Waals surface area contributed by atoms with Crippen molar-refractivity contribution in [2.75, 3.05) is 0 Å². The van der Waals surface area contributed by atoms with E-state index in [1.165, 1.54) is 6.07 Å². The summed E-state index contributed by atoms with van der Waals surface area (Å²) in [7, 11) is 0. The lowest BCUT2D eigenvalue weighted by atomic mass is 10.1. The number of aliphatic carboxylic acids is 1. The van der Waals surface area contributed by atoms with Crippen molar-refractivity contribution in [1.82, 2.24) is 5.32 Å². The molecular weight excluding hydrogens is 300 g/mol. The molecule has 0 saturated carbocycles. The molecule has 0 bridgehead atoms. The molecule has 114 valence electrons. The Morgan fingerprint density at radius 1 is 1.43 bits per heavy atom. The molecular formula is C13H15ClN2O5. The molecule has 8 heteroatoms. The van der Waals surface area contributed by atoms with Crippen molar-refractivity contribution in [3.05, 3.63) is 38.9 Å². The predicted octanol–water partition coefficient (Wildman–Crippen LogP) is 2.62. The van der Waals surface area contributed by atoms with E-state index in [0.717, 1.165) is 12.1 Å². The first-order chi connectivity index (χ1) is 9.79. The van der Waals surface area contributed by atoms with Crippen molar-refractivity contribution in [1.29, 1.82) is 0 Å². The molecule has 1 aromatic rings. The monoisotopic (exact) mass is 314 g/mol. The van der Waals surface area contributed by atoms with E-state index in [4.69, 9.17) is 16.7 Å². The molecule has 0 aromatic heterocycles. The molecule has 21 heavy (non-hydrogen) atoms. The van der Waals surface area contributed by atoms with Gasteiger partial charge in [-0.05, 0) is 25.8 Å². The largest absolute Gasteiger partial charge is 0.481 e. The summed E-state index contributed by atoms with van der Waals surface area (Å²) >= 11 is 5.74. The lowest BCUT2D eigenvalue weighted by Gasteiger charge is -2.13. The van der Waals surface area contributed by atoms with Gasteiger partial charge in [-0.15, -0.1) is 0 Å². The van der Waals surface area contributed by atoms with E-state index >= 15 is 0 Å². The van der Waals surface area contributed by atoms with E-state index in [2.05, 4.69) is 5.32 Å². The van der Waals surface area contributed by atoms with Gasteiger partial charge in [0, 0.05) is 35.2 Å². The molecule has 7 nitrogen and oxygen atoms in total. The molecule has 1 aromatic carbocycles. The first-order valence-electron chi connectivity index (χ1n) is 6.27. The summed E-state index contributed by atoms with van der Waals surface area (Å²) in [6.07, 6.45) is 0.968. The Morgan fingerprint density at radius 3 is 2.67 bits per heavy atom. The number of carbonyl (C=O) groups excluding carboxylic acids is 1. The number of hydrogen-bond donors (Lipinski definition) is 2. The number of halogens is 1. The Bertz CT molecular complexity index is 561. The van der Waals surface area contributed by atoms with Crippen molar-refractivity contribution < 1.29 is 19.6 Å². The number of amides is 1. The number of carboxylic acid groups (broad SMARTS) is 1. The van der Waals surface area contributed by atoms with E-state index in [-0.39, 0.29) is 28.7 Å². The Morgan fingerprint density at radius 2 is 2.10 bits per heavy atom. The minimum absolute atomic E-state index is 0.0306. The summed E-state index contributed by atoms with van der Waals surface area (Å²) in [6.45, 7) is 1.73. The number of nitro benzene ring substituents is 1. The molecule has 1 atom stereocenters. The molecule has 0 fully saturated rings. The van der Waals surface area contributed by atoms with Gasteiger partial charge in [-0.3, -0.25) is 19.7 Å². The van der Waals surface area contributed by atoms with Crippen LogP contribution in [0.15, 0.2) is 18.2 Å². The van der Waals surface area contributed by atoms with Crippen molar-refractivity contribution in [2.45, 2.75) is 32.2 Å². The molecule has 1 unspecified atom stereocenters. The van der Waals surface area contributed by atoms with Gasteiger partial charge in [0.2, 0.25) is 0 Å². The Kier molecular flexibility index (Phi) is 6.10. The fraction of sp³-hybridized carbons (Fsp3) is 0.385. The van der Waals surface area contributed by atoms with Crippen LogP contribution in [0.1, 0.15) is 36.5 Å². The van der Waals surface area contributed by atoms with Crippen molar-refractivity contribution in [3.8, 4) is 0 Å². The molecule has 0 aliphatic carbocycles. The molecule has 0 aliphatic heterocycles. The van der Waals surface area contributed by atoms with Gasteiger partial charge >= 0.3 is 5.97 Å². The van der Waals surface area contributed by atoms with Crippen LogP contribution in [0.4, 0.5) is 5.69 Å². The Hall–Kier alpha value is -2.15. The van der Waals surface area contributed by atoms with E-state index in [9.17, 15) is 19.7 Å². The highest BCUT2D eigenvalue weighted by Gasteiger charge is 2.15. The maximum Gasteiger partial charge on any atom is 0.303 e. The minimum Gasteiger partial charge on any atom is -0.481 e. The maximum absolute atomic E-state index is 12.0. The number of nitrogens with one attached hydrogen (secondary N) is 1. The second-order valence-corrected chi connectivity index (χ2v) is 5.05. The van der Waals surface area contributed by atoms with Gasteiger partial charge in [-0.25, -0.2) is 0 Å². The smallest absolute Gasteiger partial charge is 0.303 e. The van der Waals surface area contributed by atoms with E-state index in [1.807, 2.05) is 0 Å². The number of carbonyl (C=O) groups is 2. The molecule has 0 aliphatic rings. The number of rotatable bonds is 7. The van der Waals surface area contributed by atoms with Gasteiger partial charge in [0.05, 0.1) is 4.92 Å². The Labute approximate surface area is 126 Å². The van der Waals surface area contributed by atoms with E-state index < -0.39 is 16.8 Å². The van der Waals surface area contributed by atoms with Gasteiger partial charge in [0.1, 0.15) is 0 Å². The fourth-order valence-electron chi connectivity index (χ4n) is 1.75. The molecule has 1 rings (SSSR count). The Balaban J connectivity index is 2.66. The zero-order chi connectivity index (χ0) is 16.0. The van der Waals surface area contributed by atoms with Crippen molar-refractivity contribution in [2.24, 2.45) is 0 Å². The standard InChI is InChI=1S/C13H15ClN2O5/c1-8(3-2-4-12(17)18)15-13(19)9-5-10(14)7-11(6-9)16(20)21/h5-8H,2-4H2,1H3,(H,15,19)(H,17,18). The summed E-state index contributed by atoms with van der Waals surface area (Å²) in [5.41, 5.74) is -0.162. The second-order valence-electron chi connectivity index (χ2n) is 4.62. The van der Waals surface area contributed by atoms with Crippen molar-refractivity contribution >= 4 is 29.2 Å². The number of non-ortho nitro benzene ring substituents is 1. The SMILES string of the molecule is CC(CCCC(=O)O)NC(=O)c1cc(Cl)cc([N+](=O)[O-])c1. The highest BCUT2D eigenvalue weighted by atomic mass is 35.5. The van der Waals surface area contributed by atoms with Crippen LogP contribution in [-0.2, 0) is 4.79 Å². The van der Waals surface area contributed by atoms with Crippen LogP contribution in [-0.4, -0.2) is 27.9 Å². The molecule has 0 saturated heterocycles. The average molecular weight is 315 g/mol. The number of nitro groups is 1. The number of hydrogen-bond acceptors (Lipinski definition) is 4. The lowest BCUT2D eigenvalue weighted by molar-refractivity contribution is -0.384. The van der Waals surface area contributed by atoms with Gasteiger partial charge in [-0.2, -0.15) is 0 Å². The highest BCUT2D eigenvalue weighted by Crippen LogP contribution is 2.21. The van der Waals surface area contributed by atoms with Crippen LogP contribution in [0.3, 0.4) is 0 Å². The van der Waals surface area contributed by atoms with Crippen LogP contribution in [0, 0.1) is 10.1 Å². The normalized spacial score (nSPS) is 11.7. The summed E-state index contributed by atoms with van der Waals surface area (Å²) in [5, 5.41) is 22.0. The fourth-order valence-corrected chi connectivity index (χ4v) is 1.98. The van der Waals surface area contributed by atoms with E-state index in [1.54, 1.807) is 6.92 Å². The summed E-state index contributed by atoms with van der Waals surface area (Å²) in [4.78, 5) is 32.5. The lowest BCUT2D eigenvalue weighted by Crippen LogP contribution is -2.32. The average Bonchev–Trinajstić information content (AvgIpc) is 2.37. The molecule has 0 radical (unpaired) electrons. The summed E-state index contributed by atoms with van der Waals surface area (Å²) in [6, 6.07) is 3.41. The first-order valence-corrected chi connectivity index (χ1v) is 6.65. The summed E-state index contributed by atoms with van der Waals surface area (Å²) < 4.78 is 0. The molecule has 0 spiro atoms. The number of carboxylic acids is 1.